The molecule has 0 aromatic heterocycles. The van der Waals surface area contributed by atoms with Crippen LogP contribution in [0.4, 0.5) is 0 Å². The highest BCUT2D eigenvalue weighted by atomic mass is 15.2. The Labute approximate surface area is 131 Å². The van der Waals surface area contributed by atoms with Gasteiger partial charge in [0.1, 0.15) is 0 Å². The molecule has 2 atom stereocenters. The molecule has 118 valence electrons. The third kappa shape index (κ3) is 4.34. The van der Waals surface area contributed by atoms with E-state index in [1.54, 1.807) is 0 Å². The fourth-order valence-electron chi connectivity index (χ4n) is 3.13. The fraction of sp³-hybridized carbons (Fsp3) is 0.579. The molecular weight excluding hydrogens is 256 g/mol. The molecule has 0 saturated carbocycles. The fourth-order valence-corrected chi connectivity index (χ4v) is 3.13. The van der Waals surface area contributed by atoms with Crippen LogP contribution >= 0.6 is 0 Å². The summed E-state index contributed by atoms with van der Waals surface area (Å²) in [5.41, 5.74) is 3.80. The van der Waals surface area contributed by atoms with E-state index in [0.717, 1.165) is 18.5 Å². The van der Waals surface area contributed by atoms with Gasteiger partial charge in [-0.25, -0.2) is 0 Å². The van der Waals surface area contributed by atoms with Gasteiger partial charge in [0.15, 0.2) is 0 Å². The van der Waals surface area contributed by atoms with Gasteiger partial charge in [-0.15, -0.1) is 0 Å². The highest BCUT2D eigenvalue weighted by Gasteiger charge is 2.24. The second kappa shape index (κ2) is 8.89. The number of hydrogen-bond donors (Lipinski definition) is 1. The minimum Gasteiger partial charge on any atom is -0.370 e. The Balaban J connectivity index is 3.02. The zero-order valence-corrected chi connectivity index (χ0v) is 14.4. The molecule has 0 saturated heterocycles. The number of rotatable bonds is 9. The molecule has 0 aliphatic heterocycles. The Kier molecular flexibility index (Phi) is 7.52. The maximum atomic E-state index is 4.39. The van der Waals surface area contributed by atoms with E-state index in [0.29, 0.717) is 12.1 Å². The number of likely N-dealkylation sites (N-methyl/N-ethyl adjacent to an activating group) is 2. The van der Waals surface area contributed by atoms with Crippen LogP contribution in [0.25, 0.3) is 5.70 Å². The number of nitrogens with one attached hydrogen (secondary N) is 1. The van der Waals surface area contributed by atoms with Crippen molar-refractivity contribution in [2.24, 2.45) is 0 Å². The number of aryl methyl sites for hydroxylation is 1. The molecule has 1 aromatic rings. The van der Waals surface area contributed by atoms with Gasteiger partial charge < -0.3 is 10.2 Å². The Hall–Kier alpha value is -1.28. The van der Waals surface area contributed by atoms with Crippen LogP contribution in [0.1, 0.15) is 51.2 Å². The molecular formula is C19H32N2. The summed E-state index contributed by atoms with van der Waals surface area (Å²) < 4.78 is 0. The molecule has 21 heavy (non-hydrogen) atoms. The first kappa shape index (κ1) is 17.8. The normalized spacial score (nSPS) is 13.8. The van der Waals surface area contributed by atoms with Crippen LogP contribution in [0, 0.1) is 0 Å². The predicted octanol–water partition coefficient (Wildman–Crippen LogP) is 4.32. The zero-order chi connectivity index (χ0) is 15.8. The summed E-state index contributed by atoms with van der Waals surface area (Å²) in [4.78, 5) is 2.38. The van der Waals surface area contributed by atoms with Gasteiger partial charge in [-0.05, 0) is 31.9 Å². The summed E-state index contributed by atoms with van der Waals surface area (Å²) in [6.07, 6.45) is 4.55. The van der Waals surface area contributed by atoms with Crippen LogP contribution in [0.3, 0.4) is 0 Å². The largest absolute Gasteiger partial charge is 0.370 e. The average molecular weight is 288 g/mol. The molecule has 0 aliphatic rings. The van der Waals surface area contributed by atoms with Crippen molar-refractivity contribution in [2.45, 2.75) is 58.5 Å². The van der Waals surface area contributed by atoms with E-state index in [1.807, 2.05) is 0 Å². The minimum absolute atomic E-state index is 0.488. The second-order valence-corrected chi connectivity index (χ2v) is 5.73. The van der Waals surface area contributed by atoms with Crippen LogP contribution in [0.5, 0.6) is 0 Å². The lowest BCUT2D eigenvalue weighted by molar-refractivity contribution is 0.252. The Morgan fingerprint density at radius 2 is 1.90 bits per heavy atom. The average Bonchev–Trinajstić information content (AvgIpc) is 2.53. The lowest BCUT2D eigenvalue weighted by Gasteiger charge is -2.37. The van der Waals surface area contributed by atoms with E-state index < -0.39 is 0 Å². The van der Waals surface area contributed by atoms with Crippen molar-refractivity contribution in [3.8, 4) is 0 Å². The van der Waals surface area contributed by atoms with Crippen molar-refractivity contribution >= 4 is 5.70 Å². The summed E-state index contributed by atoms with van der Waals surface area (Å²) >= 11 is 0. The van der Waals surface area contributed by atoms with E-state index in [4.69, 9.17) is 0 Å². The molecule has 2 unspecified atom stereocenters. The third-order valence-corrected chi connectivity index (χ3v) is 4.49. The molecule has 2 heteroatoms. The van der Waals surface area contributed by atoms with E-state index in [1.165, 1.54) is 24.0 Å². The van der Waals surface area contributed by atoms with Crippen molar-refractivity contribution in [1.29, 1.82) is 0 Å². The summed E-state index contributed by atoms with van der Waals surface area (Å²) in [6, 6.07) is 9.61. The van der Waals surface area contributed by atoms with Gasteiger partial charge in [0.2, 0.25) is 0 Å². The summed E-state index contributed by atoms with van der Waals surface area (Å²) in [5.74, 6) is 0. The maximum Gasteiger partial charge on any atom is 0.0439 e. The van der Waals surface area contributed by atoms with Crippen LogP contribution in [-0.4, -0.2) is 31.1 Å². The summed E-state index contributed by atoms with van der Waals surface area (Å²) in [5, 5.41) is 3.47. The van der Waals surface area contributed by atoms with Gasteiger partial charge in [0.05, 0.1) is 0 Å². The van der Waals surface area contributed by atoms with E-state index in [9.17, 15) is 0 Å². The molecule has 2 nitrogen and oxygen atoms in total. The van der Waals surface area contributed by atoms with Crippen LogP contribution in [0.15, 0.2) is 30.8 Å². The SMILES string of the molecule is C=C(c1ccccc1CC)N(C)C(CCC)C(CC)NC. The molecule has 0 fully saturated rings. The molecule has 1 aromatic carbocycles. The van der Waals surface area contributed by atoms with Gasteiger partial charge in [-0.2, -0.15) is 0 Å². The quantitative estimate of drug-likeness (QED) is 0.728. The molecule has 0 bridgehead atoms. The minimum atomic E-state index is 0.488. The first-order valence-electron chi connectivity index (χ1n) is 8.27. The smallest absolute Gasteiger partial charge is 0.0439 e. The Morgan fingerprint density at radius 3 is 2.43 bits per heavy atom. The lowest BCUT2D eigenvalue weighted by Crippen LogP contribution is -2.46. The molecule has 0 radical (unpaired) electrons. The van der Waals surface area contributed by atoms with Crippen molar-refractivity contribution in [2.75, 3.05) is 14.1 Å². The first-order valence-corrected chi connectivity index (χ1v) is 8.27. The monoisotopic (exact) mass is 288 g/mol. The number of nitrogens with zero attached hydrogens (tertiary/aromatic N) is 1. The molecule has 1 rings (SSSR count). The van der Waals surface area contributed by atoms with Crippen LogP contribution in [0.2, 0.25) is 0 Å². The number of hydrogen-bond acceptors (Lipinski definition) is 2. The molecule has 1 N–H and O–H groups in total. The van der Waals surface area contributed by atoms with E-state index >= 15 is 0 Å². The predicted molar refractivity (Wildman–Crippen MR) is 94.5 cm³/mol. The highest BCUT2D eigenvalue weighted by molar-refractivity contribution is 5.65. The van der Waals surface area contributed by atoms with E-state index in [2.05, 4.69) is 75.9 Å². The summed E-state index contributed by atoms with van der Waals surface area (Å²) in [6.45, 7) is 11.1. The van der Waals surface area contributed by atoms with Crippen LogP contribution < -0.4 is 5.32 Å². The van der Waals surface area contributed by atoms with Gasteiger partial charge in [0.25, 0.3) is 0 Å². The first-order chi connectivity index (χ1) is 10.1. The van der Waals surface area contributed by atoms with Gasteiger partial charge in [-0.1, -0.05) is 58.0 Å². The highest BCUT2D eigenvalue weighted by Crippen LogP contribution is 2.25. The van der Waals surface area contributed by atoms with Crippen LogP contribution in [-0.2, 0) is 6.42 Å². The summed E-state index contributed by atoms with van der Waals surface area (Å²) in [7, 11) is 4.25. The molecule has 0 aliphatic carbocycles. The van der Waals surface area contributed by atoms with Gasteiger partial charge in [0, 0.05) is 30.4 Å². The van der Waals surface area contributed by atoms with Gasteiger partial charge in [-0.3, -0.25) is 0 Å². The maximum absolute atomic E-state index is 4.39. The van der Waals surface area contributed by atoms with E-state index in [-0.39, 0.29) is 0 Å². The molecule has 0 heterocycles. The third-order valence-electron chi connectivity index (χ3n) is 4.49. The molecule has 0 amide bonds. The number of benzene rings is 1. The Bertz CT molecular complexity index is 435. The second-order valence-electron chi connectivity index (χ2n) is 5.73. The standard InChI is InChI=1S/C19H32N2/c1-7-12-19(18(9-3)20-5)21(6)15(4)17-14-11-10-13-16(17)8-2/h10-11,13-14,18-20H,4,7-9,12H2,1-3,5-6H3. The Morgan fingerprint density at radius 1 is 1.24 bits per heavy atom. The van der Waals surface area contributed by atoms with Crippen molar-refractivity contribution in [3.05, 3.63) is 42.0 Å². The topological polar surface area (TPSA) is 15.3 Å². The molecule has 0 spiro atoms. The zero-order valence-electron chi connectivity index (χ0n) is 14.4. The lowest BCUT2D eigenvalue weighted by atomic mass is 9.96. The van der Waals surface area contributed by atoms with Crippen molar-refractivity contribution in [1.82, 2.24) is 10.2 Å². The van der Waals surface area contributed by atoms with Crippen molar-refractivity contribution < 1.29 is 0 Å². The van der Waals surface area contributed by atoms with Gasteiger partial charge >= 0.3 is 0 Å². The van der Waals surface area contributed by atoms with Crippen molar-refractivity contribution in [3.63, 3.8) is 0 Å².